The van der Waals surface area contributed by atoms with Gasteiger partial charge in [-0.05, 0) is 42.8 Å². The molecule has 2 N–H and O–H groups in total. The quantitative estimate of drug-likeness (QED) is 0.223. The zero-order valence-electron chi connectivity index (χ0n) is 20.4. The second kappa shape index (κ2) is 9.26. The molecule has 4 aromatic rings. The van der Waals surface area contributed by atoms with Crippen molar-refractivity contribution < 1.29 is 19.4 Å². The van der Waals surface area contributed by atoms with Crippen molar-refractivity contribution in [3.8, 4) is 5.75 Å². The number of ether oxygens (including phenoxy) is 1. The van der Waals surface area contributed by atoms with Crippen LogP contribution < -0.4 is 14.5 Å². The summed E-state index contributed by atoms with van der Waals surface area (Å²) in [6, 6.07) is 21.4. The van der Waals surface area contributed by atoms with E-state index in [-0.39, 0.29) is 11.3 Å². The van der Waals surface area contributed by atoms with Gasteiger partial charge < -0.3 is 19.7 Å². The number of anilines is 2. The molecular weight excluding hydrogens is 454 g/mol. The van der Waals surface area contributed by atoms with E-state index < -0.39 is 17.7 Å². The van der Waals surface area contributed by atoms with E-state index in [2.05, 4.69) is 4.98 Å². The molecule has 2 heterocycles. The Morgan fingerprint density at radius 3 is 2.50 bits per heavy atom. The highest BCUT2D eigenvalue weighted by Crippen LogP contribution is 2.43. The number of aromatic amines is 1. The number of nitrogens with zero attached hydrogens (tertiary/aromatic N) is 2. The summed E-state index contributed by atoms with van der Waals surface area (Å²) in [7, 11) is 3.88. The number of ketones is 1. The van der Waals surface area contributed by atoms with Crippen molar-refractivity contribution in [3.63, 3.8) is 0 Å². The first-order chi connectivity index (χ1) is 17.4. The average Bonchev–Trinajstić information content (AvgIpc) is 3.43. The predicted molar refractivity (Wildman–Crippen MR) is 141 cm³/mol. The number of Topliss-reactive ketones (excluding diaryl/α,β-unsaturated/α-hetero) is 1. The summed E-state index contributed by atoms with van der Waals surface area (Å²) in [6.07, 6.45) is 1.66. The van der Waals surface area contributed by atoms with Crippen LogP contribution >= 0.6 is 0 Å². The smallest absolute Gasteiger partial charge is 0.300 e. The van der Waals surface area contributed by atoms with E-state index in [0.29, 0.717) is 29.2 Å². The predicted octanol–water partition coefficient (Wildman–Crippen LogP) is 5.26. The number of aliphatic hydroxyl groups excluding tert-OH is 1. The van der Waals surface area contributed by atoms with Gasteiger partial charge in [-0.25, -0.2) is 0 Å². The molecule has 7 nitrogen and oxygen atoms in total. The van der Waals surface area contributed by atoms with Crippen molar-refractivity contribution in [2.45, 2.75) is 13.0 Å². The molecule has 0 saturated carbocycles. The molecule has 182 valence electrons. The molecule has 1 aromatic heterocycles. The first-order valence-corrected chi connectivity index (χ1v) is 11.8. The zero-order chi connectivity index (χ0) is 25.4. The lowest BCUT2D eigenvalue weighted by atomic mass is 9.94. The number of benzene rings is 3. The summed E-state index contributed by atoms with van der Waals surface area (Å²) in [5.41, 5.74) is 3.55. The number of nitrogens with one attached hydrogen (secondary N) is 1. The highest BCUT2D eigenvalue weighted by Gasteiger charge is 2.47. The number of hydrogen-bond donors (Lipinski definition) is 2. The number of carbonyl (C=O) groups is 2. The van der Waals surface area contributed by atoms with Crippen LogP contribution in [-0.4, -0.2) is 42.5 Å². The number of aromatic nitrogens is 1. The summed E-state index contributed by atoms with van der Waals surface area (Å²) in [5, 5.41) is 12.3. The van der Waals surface area contributed by atoms with Crippen LogP contribution in [0.4, 0.5) is 11.4 Å². The van der Waals surface area contributed by atoms with E-state index in [9.17, 15) is 14.7 Å². The third-order valence-electron chi connectivity index (χ3n) is 6.42. The lowest BCUT2D eigenvalue weighted by Gasteiger charge is -2.26. The minimum Gasteiger partial charge on any atom is -0.507 e. The number of carbonyl (C=O) groups excluding carboxylic acids is 2. The first kappa shape index (κ1) is 23.2. The molecule has 0 aliphatic carbocycles. The van der Waals surface area contributed by atoms with Crippen LogP contribution in [0.25, 0.3) is 16.7 Å². The van der Waals surface area contributed by atoms with Crippen LogP contribution in [0.15, 0.2) is 84.6 Å². The Bertz CT molecular complexity index is 1480. The van der Waals surface area contributed by atoms with Gasteiger partial charge in [-0.3, -0.25) is 14.5 Å². The van der Waals surface area contributed by atoms with E-state index in [4.69, 9.17) is 4.74 Å². The minimum absolute atomic E-state index is 0.0455. The maximum absolute atomic E-state index is 13.5. The van der Waals surface area contributed by atoms with Crippen LogP contribution in [0.3, 0.4) is 0 Å². The maximum Gasteiger partial charge on any atom is 0.300 e. The Hall–Kier alpha value is -4.52. The van der Waals surface area contributed by atoms with Crippen LogP contribution in [0.5, 0.6) is 5.75 Å². The summed E-state index contributed by atoms with van der Waals surface area (Å²) < 4.78 is 5.64. The number of amides is 1. The Labute approximate surface area is 209 Å². The molecule has 7 heteroatoms. The second-order valence-corrected chi connectivity index (χ2v) is 8.83. The van der Waals surface area contributed by atoms with Crippen molar-refractivity contribution in [2.75, 3.05) is 30.5 Å². The number of aliphatic hydroxyl groups is 1. The molecule has 1 aliphatic heterocycles. The van der Waals surface area contributed by atoms with Crippen LogP contribution in [0, 0.1) is 0 Å². The summed E-state index contributed by atoms with van der Waals surface area (Å²) in [5.74, 6) is -1.06. The van der Waals surface area contributed by atoms with Gasteiger partial charge in [0, 0.05) is 54.2 Å². The molecule has 0 bridgehead atoms. The molecule has 3 aromatic carbocycles. The second-order valence-electron chi connectivity index (χ2n) is 8.83. The number of H-pyrrole nitrogens is 1. The van der Waals surface area contributed by atoms with E-state index in [1.165, 1.54) is 4.90 Å². The molecule has 1 amide bonds. The van der Waals surface area contributed by atoms with E-state index in [0.717, 1.165) is 16.6 Å². The van der Waals surface area contributed by atoms with E-state index >= 15 is 0 Å². The molecule has 1 unspecified atom stereocenters. The monoisotopic (exact) mass is 481 g/mol. The Morgan fingerprint density at radius 2 is 1.78 bits per heavy atom. The minimum atomic E-state index is -0.813. The lowest BCUT2D eigenvalue weighted by Crippen LogP contribution is -2.29. The third-order valence-corrected chi connectivity index (χ3v) is 6.42. The van der Waals surface area contributed by atoms with Crippen LogP contribution in [-0.2, 0) is 9.59 Å². The van der Waals surface area contributed by atoms with Gasteiger partial charge in [-0.2, -0.15) is 0 Å². The highest BCUT2D eigenvalue weighted by atomic mass is 16.5. The Morgan fingerprint density at radius 1 is 1.03 bits per heavy atom. The van der Waals surface area contributed by atoms with Gasteiger partial charge in [0.2, 0.25) is 0 Å². The van der Waals surface area contributed by atoms with Gasteiger partial charge >= 0.3 is 0 Å². The average molecular weight is 482 g/mol. The molecule has 1 aliphatic rings. The van der Waals surface area contributed by atoms with Gasteiger partial charge in [0.25, 0.3) is 11.7 Å². The normalized spacial score (nSPS) is 17.1. The number of para-hydroxylation sites is 1. The number of rotatable bonds is 6. The Balaban J connectivity index is 1.72. The fourth-order valence-electron chi connectivity index (χ4n) is 4.67. The number of hydrogen-bond acceptors (Lipinski definition) is 5. The van der Waals surface area contributed by atoms with Crippen molar-refractivity contribution in [1.82, 2.24) is 4.98 Å². The molecule has 0 radical (unpaired) electrons. The Kier molecular flexibility index (Phi) is 5.98. The van der Waals surface area contributed by atoms with Gasteiger partial charge in [-0.15, -0.1) is 0 Å². The first-order valence-electron chi connectivity index (χ1n) is 11.8. The van der Waals surface area contributed by atoms with Crippen LogP contribution in [0.1, 0.15) is 24.1 Å². The molecular formula is C29H27N3O4. The SMILES string of the molecule is CCOc1cccc(N2C(=O)C(=O)/C(=C(\O)c3c[nH]c4ccccc34)C2c2ccc(N(C)C)cc2)c1. The van der Waals surface area contributed by atoms with Gasteiger partial charge in [0.15, 0.2) is 0 Å². The van der Waals surface area contributed by atoms with E-state index in [1.807, 2.05) is 74.4 Å². The standard InChI is InChI=1S/C29H27N3O4/c1-4-36-21-9-7-8-20(16-21)32-26(18-12-14-19(15-13-18)31(2)3)25(28(34)29(32)35)27(33)23-17-30-24-11-6-5-10-22(23)24/h5-17,26,30,33H,4H2,1-3H3/b27-25-. The molecule has 36 heavy (non-hydrogen) atoms. The van der Waals surface area contributed by atoms with Crippen molar-refractivity contribution in [3.05, 3.63) is 95.7 Å². The van der Waals surface area contributed by atoms with Crippen molar-refractivity contribution in [1.29, 1.82) is 0 Å². The van der Waals surface area contributed by atoms with Crippen LogP contribution in [0.2, 0.25) is 0 Å². The van der Waals surface area contributed by atoms with Gasteiger partial charge in [0.1, 0.15) is 11.5 Å². The molecule has 1 saturated heterocycles. The van der Waals surface area contributed by atoms with E-state index in [1.54, 1.807) is 30.5 Å². The topological polar surface area (TPSA) is 85.9 Å². The largest absolute Gasteiger partial charge is 0.507 e. The summed E-state index contributed by atoms with van der Waals surface area (Å²) >= 11 is 0. The highest BCUT2D eigenvalue weighted by molar-refractivity contribution is 6.51. The fourth-order valence-corrected chi connectivity index (χ4v) is 4.67. The summed E-state index contributed by atoms with van der Waals surface area (Å²) in [4.78, 5) is 33.5. The molecule has 1 fully saturated rings. The number of fused-ring (bicyclic) bond motifs is 1. The van der Waals surface area contributed by atoms with Gasteiger partial charge in [0.05, 0.1) is 18.2 Å². The van der Waals surface area contributed by atoms with Crippen molar-refractivity contribution >= 4 is 39.7 Å². The third kappa shape index (κ3) is 3.88. The fraction of sp³-hybridized carbons (Fsp3) is 0.172. The summed E-state index contributed by atoms with van der Waals surface area (Å²) in [6.45, 7) is 2.35. The molecule has 0 spiro atoms. The molecule has 5 rings (SSSR count). The molecule has 1 atom stereocenters. The van der Waals surface area contributed by atoms with Crippen molar-refractivity contribution in [2.24, 2.45) is 0 Å². The lowest BCUT2D eigenvalue weighted by molar-refractivity contribution is -0.132. The zero-order valence-corrected chi connectivity index (χ0v) is 20.4. The maximum atomic E-state index is 13.5. The van der Waals surface area contributed by atoms with Gasteiger partial charge in [-0.1, -0.05) is 36.4 Å².